The molecule has 0 saturated heterocycles. The minimum absolute atomic E-state index is 0.0945. The standard InChI is InChI=1S/C28H26N2O3S/c31-27(29-18-23-12-7-15-32-23)26-24-13-4-5-14-25(24)34-28(26)30-17-21-10-6-11-22(16-21)33-19-20-8-2-1-3-9-20/h1-3,6-12,15-17H,4-5,13-14,18-19H2,(H,29,31). The molecule has 5 nitrogen and oxygen atoms in total. The van der Waals surface area contributed by atoms with Crippen molar-refractivity contribution < 1.29 is 13.9 Å². The predicted octanol–water partition coefficient (Wildman–Crippen LogP) is 6.48. The van der Waals surface area contributed by atoms with Gasteiger partial charge in [-0.15, -0.1) is 11.3 Å². The van der Waals surface area contributed by atoms with Crippen LogP contribution >= 0.6 is 11.3 Å². The van der Waals surface area contributed by atoms with Crippen LogP contribution in [0.4, 0.5) is 5.00 Å². The molecule has 0 unspecified atom stereocenters. The van der Waals surface area contributed by atoms with E-state index in [-0.39, 0.29) is 5.91 Å². The number of thiophene rings is 1. The predicted molar refractivity (Wildman–Crippen MR) is 135 cm³/mol. The van der Waals surface area contributed by atoms with Crippen molar-refractivity contribution in [3.05, 3.63) is 106 Å². The summed E-state index contributed by atoms with van der Waals surface area (Å²) in [5.74, 6) is 1.42. The van der Waals surface area contributed by atoms with Crippen LogP contribution in [0.2, 0.25) is 0 Å². The lowest BCUT2D eigenvalue weighted by atomic mass is 9.95. The van der Waals surface area contributed by atoms with Crippen molar-refractivity contribution in [2.24, 2.45) is 4.99 Å². The Labute approximate surface area is 203 Å². The largest absolute Gasteiger partial charge is 0.489 e. The minimum Gasteiger partial charge on any atom is -0.489 e. The zero-order valence-electron chi connectivity index (χ0n) is 18.8. The molecule has 0 atom stereocenters. The molecule has 172 valence electrons. The van der Waals surface area contributed by atoms with E-state index in [2.05, 4.69) is 5.32 Å². The Kier molecular flexibility index (Phi) is 6.86. The highest BCUT2D eigenvalue weighted by molar-refractivity contribution is 7.16. The Morgan fingerprint density at radius 2 is 1.94 bits per heavy atom. The fourth-order valence-electron chi connectivity index (χ4n) is 4.10. The SMILES string of the molecule is O=C(NCc1ccco1)c1c(N=Cc2cccc(OCc3ccccc3)c2)sc2c1CCCC2. The number of fused-ring (bicyclic) bond motifs is 1. The van der Waals surface area contributed by atoms with Gasteiger partial charge in [0.1, 0.15) is 23.1 Å². The molecule has 1 amide bonds. The second kappa shape index (κ2) is 10.5. The van der Waals surface area contributed by atoms with Gasteiger partial charge in [0.2, 0.25) is 0 Å². The maximum Gasteiger partial charge on any atom is 0.255 e. The first kappa shape index (κ1) is 22.2. The number of nitrogens with one attached hydrogen (secondary N) is 1. The van der Waals surface area contributed by atoms with Crippen LogP contribution in [0.25, 0.3) is 0 Å². The molecule has 0 fully saturated rings. The summed E-state index contributed by atoms with van der Waals surface area (Å²) in [4.78, 5) is 19.2. The third-order valence-electron chi connectivity index (χ3n) is 5.82. The molecule has 1 aliphatic rings. The van der Waals surface area contributed by atoms with Crippen LogP contribution in [0.1, 0.15) is 50.5 Å². The molecule has 0 radical (unpaired) electrons. The van der Waals surface area contributed by atoms with Crippen molar-refractivity contribution in [3.8, 4) is 5.75 Å². The molecule has 2 heterocycles. The zero-order valence-corrected chi connectivity index (χ0v) is 19.6. The summed E-state index contributed by atoms with van der Waals surface area (Å²) >= 11 is 1.63. The second-order valence-corrected chi connectivity index (χ2v) is 9.34. The molecule has 2 aromatic heterocycles. The highest BCUT2D eigenvalue weighted by atomic mass is 32.1. The molecule has 0 aliphatic heterocycles. The third kappa shape index (κ3) is 5.29. The van der Waals surface area contributed by atoms with Gasteiger partial charge in [-0.3, -0.25) is 4.79 Å². The maximum atomic E-state index is 13.1. The molecule has 0 bridgehead atoms. The van der Waals surface area contributed by atoms with E-state index in [1.165, 1.54) is 4.88 Å². The number of rotatable bonds is 8. The van der Waals surface area contributed by atoms with Gasteiger partial charge in [-0.2, -0.15) is 0 Å². The van der Waals surface area contributed by atoms with Gasteiger partial charge in [-0.1, -0.05) is 42.5 Å². The average molecular weight is 471 g/mol. The van der Waals surface area contributed by atoms with E-state index in [1.807, 2.05) is 72.9 Å². The number of hydrogen-bond donors (Lipinski definition) is 1. The Bertz CT molecular complexity index is 1280. The number of nitrogens with zero attached hydrogens (tertiary/aromatic N) is 1. The summed E-state index contributed by atoms with van der Waals surface area (Å²) in [5.41, 5.74) is 3.91. The van der Waals surface area contributed by atoms with Crippen molar-refractivity contribution in [1.82, 2.24) is 5.32 Å². The molecular weight excluding hydrogens is 444 g/mol. The summed E-state index contributed by atoms with van der Waals surface area (Å²) in [6.45, 7) is 0.874. The molecular formula is C28H26N2O3S. The van der Waals surface area contributed by atoms with Crippen LogP contribution in [0, 0.1) is 0 Å². The van der Waals surface area contributed by atoms with Crippen molar-refractivity contribution in [2.45, 2.75) is 38.8 Å². The number of aryl methyl sites for hydroxylation is 1. The average Bonchev–Trinajstić information content (AvgIpc) is 3.53. The van der Waals surface area contributed by atoms with Crippen LogP contribution < -0.4 is 10.1 Å². The lowest BCUT2D eigenvalue weighted by Gasteiger charge is -2.12. The number of carbonyl (C=O) groups excluding carboxylic acids is 1. The monoisotopic (exact) mass is 470 g/mol. The minimum atomic E-state index is -0.0945. The van der Waals surface area contributed by atoms with Gasteiger partial charge in [-0.25, -0.2) is 4.99 Å². The topological polar surface area (TPSA) is 63.8 Å². The fraction of sp³-hybridized carbons (Fsp3) is 0.214. The summed E-state index contributed by atoms with van der Waals surface area (Å²) in [6.07, 6.45) is 7.62. The van der Waals surface area contributed by atoms with Gasteiger partial charge in [0.05, 0.1) is 18.4 Å². The first-order valence-corrected chi connectivity index (χ1v) is 12.3. The van der Waals surface area contributed by atoms with E-state index in [0.717, 1.165) is 58.9 Å². The molecule has 2 aromatic carbocycles. The molecule has 4 aromatic rings. The van der Waals surface area contributed by atoms with E-state index in [0.29, 0.717) is 18.7 Å². The summed E-state index contributed by atoms with van der Waals surface area (Å²) in [6, 6.07) is 21.6. The number of aliphatic imine (C=N–C) groups is 1. The van der Waals surface area contributed by atoms with Gasteiger partial charge in [0.15, 0.2) is 0 Å². The van der Waals surface area contributed by atoms with Crippen molar-refractivity contribution in [3.63, 3.8) is 0 Å². The van der Waals surface area contributed by atoms with E-state index >= 15 is 0 Å². The van der Waals surface area contributed by atoms with E-state index < -0.39 is 0 Å². The van der Waals surface area contributed by atoms with E-state index in [1.54, 1.807) is 17.6 Å². The summed E-state index contributed by atoms with van der Waals surface area (Å²) in [5, 5.41) is 3.76. The smallest absolute Gasteiger partial charge is 0.255 e. The van der Waals surface area contributed by atoms with Crippen molar-refractivity contribution >= 4 is 28.5 Å². The van der Waals surface area contributed by atoms with Gasteiger partial charge >= 0.3 is 0 Å². The lowest BCUT2D eigenvalue weighted by molar-refractivity contribution is 0.0948. The number of ether oxygens (including phenoxy) is 1. The molecule has 0 saturated carbocycles. The number of hydrogen-bond acceptors (Lipinski definition) is 5. The zero-order chi connectivity index (χ0) is 23.2. The van der Waals surface area contributed by atoms with Crippen LogP contribution in [0.5, 0.6) is 5.75 Å². The first-order valence-electron chi connectivity index (χ1n) is 11.5. The Morgan fingerprint density at radius 1 is 1.06 bits per heavy atom. The Hall–Kier alpha value is -3.64. The van der Waals surface area contributed by atoms with Crippen LogP contribution in [-0.2, 0) is 26.0 Å². The van der Waals surface area contributed by atoms with Gasteiger partial charge in [0, 0.05) is 11.1 Å². The first-order chi connectivity index (χ1) is 16.8. The lowest BCUT2D eigenvalue weighted by Crippen LogP contribution is -2.23. The van der Waals surface area contributed by atoms with Gasteiger partial charge < -0.3 is 14.5 Å². The molecule has 1 aliphatic carbocycles. The Balaban J connectivity index is 1.34. The molecule has 6 heteroatoms. The number of furan rings is 1. The fourth-order valence-corrected chi connectivity index (χ4v) is 5.33. The number of carbonyl (C=O) groups is 1. The molecule has 34 heavy (non-hydrogen) atoms. The van der Waals surface area contributed by atoms with Crippen LogP contribution in [0.3, 0.4) is 0 Å². The Morgan fingerprint density at radius 3 is 2.79 bits per heavy atom. The molecule has 1 N–H and O–H groups in total. The highest BCUT2D eigenvalue weighted by Gasteiger charge is 2.25. The summed E-state index contributed by atoms with van der Waals surface area (Å²) in [7, 11) is 0. The quantitative estimate of drug-likeness (QED) is 0.300. The number of benzene rings is 2. The van der Waals surface area contributed by atoms with Crippen molar-refractivity contribution in [1.29, 1.82) is 0 Å². The van der Waals surface area contributed by atoms with E-state index in [4.69, 9.17) is 14.1 Å². The molecule has 0 spiro atoms. The summed E-state index contributed by atoms with van der Waals surface area (Å²) < 4.78 is 11.3. The highest BCUT2D eigenvalue weighted by Crippen LogP contribution is 2.40. The second-order valence-electron chi connectivity index (χ2n) is 8.26. The third-order valence-corrected chi connectivity index (χ3v) is 7.02. The van der Waals surface area contributed by atoms with E-state index in [9.17, 15) is 4.79 Å². The normalized spacial score (nSPS) is 13.1. The van der Waals surface area contributed by atoms with Gasteiger partial charge in [-0.05, 0) is 66.6 Å². The molecule has 5 rings (SSSR count). The van der Waals surface area contributed by atoms with Gasteiger partial charge in [0.25, 0.3) is 5.91 Å². The van der Waals surface area contributed by atoms with Crippen LogP contribution in [0.15, 0.2) is 82.4 Å². The maximum absolute atomic E-state index is 13.1. The number of amides is 1. The van der Waals surface area contributed by atoms with Crippen molar-refractivity contribution in [2.75, 3.05) is 0 Å². The van der Waals surface area contributed by atoms with Crippen LogP contribution in [-0.4, -0.2) is 12.1 Å².